The van der Waals surface area contributed by atoms with Crippen LogP contribution in [0.3, 0.4) is 0 Å². The lowest BCUT2D eigenvalue weighted by molar-refractivity contribution is 0.145. The van der Waals surface area contributed by atoms with E-state index in [0.29, 0.717) is 0 Å². The van der Waals surface area contributed by atoms with Gasteiger partial charge in [-0.2, -0.15) is 0 Å². The number of piperazine rings is 1. The molecule has 1 N–H and O–H groups in total. The summed E-state index contributed by atoms with van der Waals surface area (Å²) >= 11 is 0. The Kier molecular flexibility index (Phi) is 3.19. The molecule has 76 valence electrons. The molecule has 1 atom stereocenters. The second-order valence-electron chi connectivity index (χ2n) is 4.40. The van der Waals surface area contributed by atoms with Gasteiger partial charge in [0.25, 0.3) is 0 Å². The number of nitrogens with one attached hydrogen (secondary N) is 1. The summed E-state index contributed by atoms with van der Waals surface area (Å²) in [6.45, 7) is 7.51. The molecule has 2 rings (SSSR count). The second kappa shape index (κ2) is 4.40. The molecule has 2 fully saturated rings. The summed E-state index contributed by atoms with van der Waals surface area (Å²) in [4.78, 5) is 5.02. The summed E-state index contributed by atoms with van der Waals surface area (Å²) in [7, 11) is 2.21. The smallest absolute Gasteiger partial charge is 0.0195 e. The molecule has 0 bridgehead atoms. The van der Waals surface area contributed by atoms with Crippen molar-refractivity contribution in [3.63, 3.8) is 0 Å². The Morgan fingerprint density at radius 1 is 1.23 bits per heavy atom. The third-order valence-electron chi connectivity index (χ3n) is 3.24. The van der Waals surface area contributed by atoms with Crippen molar-refractivity contribution in [2.75, 3.05) is 46.3 Å². The summed E-state index contributed by atoms with van der Waals surface area (Å²) in [5, 5.41) is 3.56. The van der Waals surface area contributed by atoms with Crippen molar-refractivity contribution in [3.05, 3.63) is 0 Å². The molecule has 0 spiro atoms. The number of hydrogen-bond acceptors (Lipinski definition) is 3. The van der Waals surface area contributed by atoms with Crippen molar-refractivity contribution in [3.8, 4) is 0 Å². The average Bonchev–Trinajstić information content (AvgIpc) is 2.62. The van der Waals surface area contributed by atoms with Crippen LogP contribution in [-0.2, 0) is 0 Å². The van der Waals surface area contributed by atoms with Crippen LogP contribution in [0.1, 0.15) is 12.8 Å². The first-order chi connectivity index (χ1) is 6.34. The summed E-state index contributed by atoms with van der Waals surface area (Å²) in [6.07, 6.45) is 2.75. The van der Waals surface area contributed by atoms with Crippen LogP contribution < -0.4 is 5.32 Å². The molecule has 3 nitrogen and oxygen atoms in total. The van der Waals surface area contributed by atoms with Gasteiger partial charge in [-0.05, 0) is 26.4 Å². The molecule has 0 unspecified atom stereocenters. The van der Waals surface area contributed by atoms with Crippen LogP contribution in [0.25, 0.3) is 0 Å². The van der Waals surface area contributed by atoms with E-state index in [0.717, 1.165) is 6.04 Å². The molecule has 0 amide bonds. The molecule has 0 saturated carbocycles. The molecule has 3 heteroatoms. The van der Waals surface area contributed by atoms with Crippen LogP contribution in [0.2, 0.25) is 0 Å². The first-order valence-corrected chi connectivity index (χ1v) is 5.49. The highest BCUT2D eigenvalue weighted by Gasteiger charge is 2.20. The Bertz CT molecular complexity index is 146. The van der Waals surface area contributed by atoms with E-state index in [2.05, 4.69) is 22.2 Å². The highest BCUT2D eigenvalue weighted by atomic mass is 15.3. The summed E-state index contributed by atoms with van der Waals surface area (Å²) in [5.41, 5.74) is 0. The lowest BCUT2D eigenvalue weighted by Gasteiger charge is -2.33. The minimum Gasteiger partial charge on any atom is -0.313 e. The Labute approximate surface area is 81.1 Å². The Balaban J connectivity index is 1.69. The molecule has 13 heavy (non-hydrogen) atoms. The van der Waals surface area contributed by atoms with E-state index < -0.39 is 0 Å². The van der Waals surface area contributed by atoms with Crippen molar-refractivity contribution in [2.24, 2.45) is 0 Å². The van der Waals surface area contributed by atoms with E-state index in [-0.39, 0.29) is 0 Å². The van der Waals surface area contributed by atoms with Gasteiger partial charge in [0, 0.05) is 38.8 Å². The van der Waals surface area contributed by atoms with Crippen LogP contribution in [0.5, 0.6) is 0 Å². The van der Waals surface area contributed by atoms with Gasteiger partial charge in [-0.25, -0.2) is 0 Å². The van der Waals surface area contributed by atoms with Gasteiger partial charge in [0.15, 0.2) is 0 Å². The topological polar surface area (TPSA) is 18.5 Å². The maximum atomic E-state index is 3.56. The monoisotopic (exact) mass is 183 g/mol. The van der Waals surface area contributed by atoms with Crippen molar-refractivity contribution in [1.82, 2.24) is 15.1 Å². The zero-order chi connectivity index (χ0) is 9.10. The van der Waals surface area contributed by atoms with Crippen LogP contribution >= 0.6 is 0 Å². The van der Waals surface area contributed by atoms with Gasteiger partial charge >= 0.3 is 0 Å². The quantitative estimate of drug-likeness (QED) is 0.649. The predicted octanol–water partition coefficient (Wildman–Crippen LogP) is -0.0142. The lowest BCUT2D eigenvalue weighted by atomic mass is 10.2. The standard InChI is InChI=1S/C10H21N3/c1-12-5-7-13(8-6-12)9-10-3-2-4-11-10/h10-11H,2-9H2,1H3/t10-/m1/s1. The fraction of sp³-hybridized carbons (Fsp3) is 1.00. The van der Waals surface area contributed by atoms with Gasteiger partial charge < -0.3 is 10.2 Å². The van der Waals surface area contributed by atoms with Gasteiger partial charge in [0.2, 0.25) is 0 Å². The van der Waals surface area contributed by atoms with Crippen molar-refractivity contribution in [2.45, 2.75) is 18.9 Å². The van der Waals surface area contributed by atoms with Crippen LogP contribution in [0, 0.1) is 0 Å². The summed E-state index contributed by atoms with van der Waals surface area (Å²) < 4.78 is 0. The number of rotatable bonds is 2. The van der Waals surface area contributed by atoms with E-state index in [9.17, 15) is 0 Å². The zero-order valence-corrected chi connectivity index (χ0v) is 8.63. The van der Waals surface area contributed by atoms with Crippen molar-refractivity contribution in [1.29, 1.82) is 0 Å². The van der Waals surface area contributed by atoms with Gasteiger partial charge in [-0.15, -0.1) is 0 Å². The average molecular weight is 183 g/mol. The molecule has 2 aliphatic rings. The molecule has 0 aromatic rings. The molecule has 2 saturated heterocycles. The minimum absolute atomic E-state index is 0.781. The van der Waals surface area contributed by atoms with Crippen LogP contribution in [0.15, 0.2) is 0 Å². The Hall–Kier alpha value is -0.120. The van der Waals surface area contributed by atoms with Gasteiger partial charge in [-0.1, -0.05) is 0 Å². The normalized spacial score (nSPS) is 32.5. The third-order valence-corrected chi connectivity index (χ3v) is 3.24. The molecular weight excluding hydrogens is 162 g/mol. The van der Waals surface area contributed by atoms with E-state index >= 15 is 0 Å². The van der Waals surface area contributed by atoms with E-state index in [4.69, 9.17) is 0 Å². The highest BCUT2D eigenvalue weighted by molar-refractivity contribution is 4.80. The van der Waals surface area contributed by atoms with Crippen molar-refractivity contribution < 1.29 is 0 Å². The predicted molar refractivity (Wildman–Crippen MR) is 55.0 cm³/mol. The van der Waals surface area contributed by atoms with Gasteiger partial charge in [0.05, 0.1) is 0 Å². The van der Waals surface area contributed by atoms with E-state index in [1.54, 1.807) is 0 Å². The summed E-state index contributed by atoms with van der Waals surface area (Å²) in [6, 6.07) is 0.781. The molecule has 0 aliphatic carbocycles. The lowest BCUT2D eigenvalue weighted by Crippen LogP contribution is -2.48. The van der Waals surface area contributed by atoms with Crippen LogP contribution in [0.4, 0.5) is 0 Å². The van der Waals surface area contributed by atoms with E-state index in [1.807, 2.05) is 0 Å². The molecule has 2 heterocycles. The maximum Gasteiger partial charge on any atom is 0.0195 e. The number of hydrogen-bond donors (Lipinski definition) is 1. The first kappa shape index (κ1) is 9.44. The zero-order valence-electron chi connectivity index (χ0n) is 8.63. The summed E-state index contributed by atoms with van der Waals surface area (Å²) in [5.74, 6) is 0. The Morgan fingerprint density at radius 2 is 2.00 bits per heavy atom. The highest BCUT2D eigenvalue weighted by Crippen LogP contribution is 2.08. The number of nitrogens with zero attached hydrogens (tertiary/aromatic N) is 2. The first-order valence-electron chi connectivity index (χ1n) is 5.49. The maximum absolute atomic E-state index is 3.56. The SMILES string of the molecule is CN1CCN(C[C@H]2CCCN2)CC1. The van der Waals surface area contributed by atoms with Gasteiger partial charge in [-0.3, -0.25) is 4.90 Å². The molecular formula is C10H21N3. The molecule has 2 aliphatic heterocycles. The molecule has 0 aromatic heterocycles. The Morgan fingerprint density at radius 3 is 2.62 bits per heavy atom. The van der Waals surface area contributed by atoms with Crippen LogP contribution in [-0.4, -0.2) is 62.2 Å². The fourth-order valence-electron chi connectivity index (χ4n) is 2.25. The fourth-order valence-corrected chi connectivity index (χ4v) is 2.25. The van der Waals surface area contributed by atoms with Gasteiger partial charge in [0.1, 0.15) is 0 Å². The molecule has 0 radical (unpaired) electrons. The van der Waals surface area contributed by atoms with E-state index in [1.165, 1.54) is 52.1 Å². The number of likely N-dealkylation sites (N-methyl/N-ethyl adjacent to an activating group) is 1. The van der Waals surface area contributed by atoms with Crippen molar-refractivity contribution >= 4 is 0 Å². The second-order valence-corrected chi connectivity index (χ2v) is 4.40. The largest absolute Gasteiger partial charge is 0.313 e. The molecule has 0 aromatic carbocycles. The third kappa shape index (κ3) is 2.66. The minimum atomic E-state index is 0.781.